The van der Waals surface area contributed by atoms with Crippen LogP contribution in [-0.2, 0) is 37.1 Å². The lowest BCUT2D eigenvalue weighted by molar-refractivity contribution is -0.239. The molecule has 0 bridgehead atoms. The third kappa shape index (κ3) is 10.5. The second-order valence-electron chi connectivity index (χ2n) is 8.96. The normalized spacial score (nSPS) is 11.6. The van der Waals surface area contributed by atoms with Crippen LogP contribution in [0.5, 0.6) is 11.5 Å². The van der Waals surface area contributed by atoms with Crippen molar-refractivity contribution >= 4 is 23.2 Å². The van der Waals surface area contributed by atoms with Crippen LogP contribution in [0.25, 0.3) is 0 Å². The first-order chi connectivity index (χ1) is 20.8. The van der Waals surface area contributed by atoms with Crippen molar-refractivity contribution in [2.45, 2.75) is 45.8 Å². The van der Waals surface area contributed by atoms with E-state index in [1.165, 1.54) is 0 Å². The molecule has 0 unspecified atom stereocenters. The molecule has 1 aromatic carbocycles. The van der Waals surface area contributed by atoms with Crippen molar-refractivity contribution in [3.05, 3.63) is 81.9 Å². The average Bonchev–Trinajstić information content (AvgIpc) is 3.01. The summed E-state index contributed by atoms with van der Waals surface area (Å²) in [7, 11) is 3.27. The maximum absolute atomic E-state index is 6.08. The predicted octanol–water partition coefficient (Wildman–Crippen LogP) is 5.69. The van der Waals surface area contributed by atoms with E-state index >= 15 is 0 Å². The molecular formula is C31H44Cl2N4O6. The molecule has 0 saturated heterocycles. The topological polar surface area (TPSA) is 119 Å². The van der Waals surface area contributed by atoms with Gasteiger partial charge in [0.15, 0.2) is 0 Å². The summed E-state index contributed by atoms with van der Waals surface area (Å²) in [4.78, 5) is 7.97. The van der Waals surface area contributed by atoms with Gasteiger partial charge in [-0.3, -0.25) is 0 Å². The number of pyridine rings is 2. The van der Waals surface area contributed by atoms with Gasteiger partial charge in [-0.25, -0.2) is 9.97 Å². The molecule has 2 aromatic heterocycles. The van der Waals surface area contributed by atoms with Gasteiger partial charge in [-0.2, -0.15) is 0 Å². The Bertz CT molecular complexity index is 1220. The van der Waals surface area contributed by atoms with Gasteiger partial charge in [-0.05, 0) is 58.0 Å². The summed E-state index contributed by atoms with van der Waals surface area (Å²) in [5.74, 6) is -0.362. The zero-order chi connectivity index (χ0) is 31.7. The van der Waals surface area contributed by atoms with Gasteiger partial charge in [0.1, 0.15) is 21.8 Å². The van der Waals surface area contributed by atoms with Gasteiger partial charge in [0.25, 0.3) is 0 Å². The first kappa shape index (κ1) is 36.7. The fourth-order valence-corrected chi connectivity index (χ4v) is 4.78. The fraction of sp³-hybridized carbons (Fsp3) is 0.484. The number of ether oxygens (including phenoxy) is 6. The van der Waals surface area contributed by atoms with Crippen LogP contribution in [0.3, 0.4) is 0 Å². The number of hydrogen-bond donors (Lipinski definition) is 2. The van der Waals surface area contributed by atoms with Crippen LogP contribution < -0.4 is 20.5 Å². The van der Waals surface area contributed by atoms with E-state index in [9.17, 15) is 0 Å². The van der Waals surface area contributed by atoms with Gasteiger partial charge < -0.3 is 39.5 Å². The molecule has 0 aliphatic heterocycles. The highest BCUT2D eigenvalue weighted by Gasteiger charge is 2.34. The Morgan fingerprint density at radius 3 is 1.67 bits per heavy atom. The van der Waals surface area contributed by atoms with Crippen molar-refractivity contribution < 1.29 is 28.4 Å². The van der Waals surface area contributed by atoms with Crippen LogP contribution in [0.2, 0.25) is 10.3 Å². The van der Waals surface area contributed by atoms with Gasteiger partial charge in [-0.15, -0.1) is 0 Å². The van der Waals surface area contributed by atoms with E-state index < -0.39 is 11.6 Å². The first-order valence-corrected chi connectivity index (χ1v) is 14.9. The zero-order valence-corrected chi connectivity index (χ0v) is 27.3. The maximum Gasteiger partial charge on any atom is 0.207 e. The van der Waals surface area contributed by atoms with E-state index in [4.69, 9.17) is 57.4 Å². The molecule has 0 atom stereocenters. The minimum absolute atomic E-state index is 0.231. The summed E-state index contributed by atoms with van der Waals surface area (Å²) < 4.78 is 34.0. The number of hydrogen-bond acceptors (Lipinski definition) is 10. The predicted molar refractivity (Wildman–Crippen MR) is 169 cm³/mol. The average molecular weight is 640 g/mol. The van der Waals surface area contributed by atoms with E-state index in [2.05, 4.69) is 15.3 Å². The number of nitrogens with one attached hydrogen (secondary N) is 1. The largest absolute Gasteiger partial charge is 0.497 e. The molecule has 0 radical (unpaired) electrons. The molecule has 2 heterocycles. The van der Waals surface area contributed by atoms with Crippen molar-refractivity contribution in [3.63, 3.8) is 0 Å². The van der Waals surface area contributed by atoms with Crippen LogP contribution in [0.1, 0.15) is 44.4 Å². The molecule has 3 rings (SSSR count). The Balaban J connectivity index is 0.000000344. The summed E-state index contributed by atoms with van der Waals surface area (Å²) in [5.41, 5.74) is 8.37. The molecule has 10 nitrogen and oxygen atoms in total. The van der Waals surface area contributed by atoms with Gasteiger partial charge in [0, 0.05) is 68.1 Å². The number of halogens is 2. The Kier molecular flexibility index (Phi) is 16.2. The lowest BCUT2D eigenvalue weighted by atomic mass is 10.1. The highest BCUT2D eigenvalue weighted by molar-refractivity contribution is 6.29. The molecule has 0 aliphatic rings. The van der Waals surface area contributed by atoms with E-state index in [1.54, 1.807) is 44.8 Å². The molecule has 0 amide bonds. The van der Waals surface area contributed by atoms with Gasteiger partial charge in [0.05, 0.1) is 27.3 Å². The Labute approximate surface area is 265 Å². The number of methoxy groups -OCH3 is 2. The molecule has 3 N–H and O–H groups in total. The summed E-state index contributed by atoms with van der Waals surface area (Å²) in [6.07, 6.45) is 3.26. The monoisotopic (exact) mass is 638 g/mol. The molecule has 3 aromatic rings. The number of aromatic nitrogens is 2. The lowest BCUT2D eigenvalue weighted by Gasteiger charge is -2.34. The van der Waals surface area contributed by atoms with Crippen LogP contribution in [0.15, 0.2) is 54.9 Å². The Morgan fingerprint density at radius 2 is 1.23 bits per heavy atom. The lowest BCUT2D eigenvalue weighted by Crippen LogP contribution is -2.43. The van der Waals surface area contributed by atoms with Crippen LogP contribution in [0.4, 0.5) is 0 Å². The number of rotatable bonds is 17. The molecular weight excluding hydrogens is 595 g/mol. The zero-order valence-electron chi connectivity index (χ0n) is 25.8. The van der Waals surface area contributed by atoms with E-state index in [1.807, 2.05) is 52.0 Å². The minimum atomic E-state index is -0.949. The van der Waals surface area contributed by atoms with E-state index in [0.29, 0.717) is 49.8 Å². The molecule has 0 spiro atoms. The van der Waals surface area contributed by atoms with Crippen LogP contribution >= 0.6 is 23.2 Å². The molecule has 0 saturated carbocycles. The van der Waals surface area contributed by atoms with Crippen molar-refractivity contribution in [2.75, 3.05) is 53.7 Å². The molecule has 0 fully saturated rings. The quantitative estimate of drug-likeness (QED) is 0.141. The second kappa shape index (κ2) is 19.0. The van der Waals surface area contributed by atoms with Crippen molar-refractivity contribution in [1.29, 1.82) is 0 Å². The standard InChI is InChI=1S/C20H27ClN2O4.C11H17ClN2O2/c1-5-26-20(27-6-2,16-9-10-23-19(21)11-16)14-22-13-15-7-8-17(24-3)12-18(15)25-4;1-3-15-11(8-13,16-4-2)9-5-6-14-10(12)7-9/h7-12,22H,5-6,13-14H2,1-4H3;5-7H,3-4,8,13H2,1-2H3. The smallest absolute Gasteiger partial charge is 0.207 e. The SMILES string of the molecule is CCOC(CN)(OCC)c1ccnc(Cl)c1.CCOC(CNCc1ccc(OC)cc1OC)(OCC)c1ccnc(Cl)c1. The van der Waals surface area contributed by atoms with Crippen LogP contribution in [0, 0.1) is 0 Å². The van der Waals surface area contributed by atoms with E-state index in [0.717, 1.165) is 28.2 Å². The molecule has 0 aliphatic carbocycles. The molecule has 12 heteroatoms. The van der Waals surface area contributed by atoms with Gasteiger partial charge in [0.2, 0.25) is 11.6 Å². The summed E-state index contributed by atoms with van der Waals surface area (Å²) in [6, 6.07) is 12.9. The summed E-state index contributed by atoms with van der Waals surface area (Å²) in [6.45, 7) is 10.9. The highest BCUT2D eigenvalue weighted by atomic mass is 35.5. The van der Waals surface area contributed by atoms with Gasteiger partial charge in [-0.1, -0.05) is 29.3 Å². The molecule has 43 heavy (non-hydrogen) atoms. The number of nitrogens with zero attached hydrogens (tertiary/aromatic N) is 2. The van der Waals surface area contributed by atoms with Crippen molar-refractivity contribution in [2.24, 2.45) is 5.73 Å². The Morgan fingerprint density at radius 1 is 0.721 bits per heavy atom. The van der Waals surface area contributed by atoms with Crippen LogP contribution in [-0.4, -0.2) is 63.7 Å². The third-order valence-electron chi connectivity index (χ3n) is 6.28. The summed E-state index contributed by atoms with van der Waals surface area (Å²) in [5, 5.41) is 4.20. The molecule has 238 valence electrons. The highest BCUT2D eigenvalue weighted by Crippen LogP contribution is 2.30. The third-order valence-corrected chi connectivity index (χ3v) is 6.69. The summed E-state index contributed by atoms with van der Waals surface area (Å²) >= 11 is 11.9. The van der Waals surface area contributed by atoms with Crippen molar-refractivity contribution in [3.8, 4) is 11.5 Å². The van der Waals surface area contributed by atoms with E-state index in [-0.39, 0.29) is 6.54 Å². The maximum atomic E-state index is 6.08. The van der Waals surface area contributed by atoms with Crippen molar-refractivity contribution in [1.82, 2.24) is 15.3 Å². The fourth-order valence-electron chi connectivity index (χ4n) is 4.43. The first-order valence-electron chi connectivity index (χ1n) is 14.2. The van der Waals surface area contributed by atoms with Gasteiger partial charge >= 0.3 is 0 Å². The Hall–Kier alpha value is -2.54. The minimum Gasteiger partial charge on any atom is -0.497 e. The number of benzene rings is 1. The second-order valence-corrected chi connectivity index (χ2v) is 9.73. The number of nitrogens with two attached hydrogens (primary N) is 1.